The first-order valence-corrected chi connectivity index (χ1v) is 14.3. The zero-order valence-electron chi connectivity index (χ0n) is 19.8. The van der Waals surface area contributed by atoms with Crippen LogP contribution in [0.4, 0.5) is 5.13 Å². The molecular formula is C25H21N5O3S4. The molecule has 0 aliphatic rings. The van der Waals surface area contributed by atoms with Crippen LogP contribution in [-0.2, 0) is 4.79 Å². The zero-order chi connectivity index (χ0) is 25.9. The second-order valence-electron chi connectivity index (χ2n) is 7.80. The van der Waals surface area contributed by atoms with E-state index in [4.69, 9.17) is 21.9 Å². The Kier molecular flexibility index (Phi) is 7.51. The van der Waals surface area contributed by atoms with Crippen molar-refractivity contribution in [2.24, 2.45) is 0 Å². The van der Waals surface area contributed by atoms with E-state index in [-0.39, 0.29) is 17.2 Å². The molecule has 0 aliphatic heterocycles. The first kappa shape index (κ1) is 25.3. The first-order valence-electron chi connectivity index (χ1n) is 11.3. The molecule has 0 aliphatic carbocycles. The third-order valence-corrected chi connectivity index (χ3v) is 8.26. The molecular weight excluding hydrogens is 547 g/mol. The molecule has 0 unspecified atom stereocenters. The van der Waals surface area contributed by atoms with Gasteiger partial charge in [0.25, 0.3) is 5.56 Å². The smallest absolute Gasteiger partial charge is 0.278 e. The average molecular weight is 568 g/mol. The largest absolute Gasteiger partial charge is 0.492 e. The molecule has 0 bridgehead atoms. The monoisotopic (exact) mass is 567 g/mol. The van der Waals surface area contributed by atoms with Crippen molar-refractivity contribution >= 4 is 68.0 Å². The number of ether oxygens (including phenoxy) is 1. The van der Waals surface area contributed by atoms with Gasteiger partial charge >= 0.3 is 0 Å². The number of para-hydroxylation sites is 2. The summed E-state index contributed by atoms with van der Waals surface area (Å²) in [7, 11) is 0. The van der Waals surface area contributed by atoms with Gasteiger partial charge in [-0.3, -0.25) is 18.7 Å². The van der Waals surface area contributed by atoms with Gasteiger partial charge in [0, 0.05) is 11.6 Å². The summed E-state index contributed by atoms with van der Waals surface area (Å²) in [6.07, 6.45) is 1.62. The lowest BCUT2D eigenvalue weighted by molar-refractivity contribution is -0.113. The number of hydrogen-bond donors (Lipinski definition) is 1. The average Bonchev–Trinajstić information content (AvgIpc) is 3.51. The van der Waals surface area contributed by atoms with Crippen molar-refractivity contribution in [2.45, 2.75) is 19.0 Å². The number of nitrogens with zero attached hydrogens (tertiary/aromatic N) is 4. The van der Waals surface area contributed by atoms with Gasteiger partial charge in [0.15, 0.2) is 19.9 Å². The highest BCUT2D eigenvalue weighted by molar-refractivity contribution is 7.99. The number of carbonyl (C=O) groups is 1. The fraction of sp³-hybridized carbons (Fsp3) is 0.160. The van der Waals surface area contributed by atoms with E-state index < -0.39 is 0 Å². The van der Waals surface area contributed by atoms with Crippen LogP contribution in [0.3, 0.4) is 0 Å². The van der Waals surface area contributed by atoms with E-state index >= 15 is 0 Å². The number of anilines is 1. The number of hydrogen-bond acceptors (Lipinski definition) is 9. The predicted octanol–water partition coefficient (Wildman–Crippen LogP) is 5.86. The molecule has 0 saturated carbocycles. The van der Waals surface area contributed by atoms with Crippen LogP contribution in [0.1, 0.15) is 12.5 Å². The fourth-order valence-electron chi connectivity index (χ4n) is 3.66. The Morgan fingerprint density at radius 2 is 1.95 bits per heavy atom. The number of carbonyl (C=O) groups excluding carboxylic acids is 1. The highest BCUT2D eigenvalue weighted by atomic mass is 32.2. The second kappa shape index (κ2) is 11.0. The number of nitrogens with one attached hydrogen (secondary N) is 1. The number of rotatable bonds is 8. The van der Waals surface area contributed by atoms with Crippen molar-refractivity contribution < 1.29 is 9.53 Å². The molecule has 0 radical (unpaired) electrons. The Bertz CT molecular complexity index is 1690. The van der Waals surface area contributed by atoms with E-state index in [2.05, 4.69) is 10.3 Å². The Hall–Kier alpha value is -3.32. The first-order chi connectivity index (χ1) is 18.0. The van der Waals surface area contributed by atoms with Crippen molar-refractivity contribution in [3.63, 3.8) is 0 Å². The van der Waals surface area contributed by atoms with Crippen LogP contribution in [0.25, 0.3) is 21.7 Å². The molecule has 12 heteroatoms. The minimum atomic E-state index is -0.250. The molecule has 188 valence electrons. The molecule has 0 saturated heterocycles. The number of thiazole rings is 2. The van der Waals surface area contributed by atoms with Crippen LogP contribution < -0.4 is 15.6 Å². The number of amides is 1. The summed E-state index contributed by atoms with van der Waals surface area (Å²) >= 11 is 9.41. The van der Waals surface area contributed by atoms with Gasteiger partial charge in [0.2, 0.25) is 5.91 Å². The van der Waals surface area contributed by atoms with E-state index in [9.17, 15) is 9.59 Å². The lowest BCUT2D eigenvalue weighted by Gasteiger charge is -2.14. The lowest BCUT2D eigenvalue weighted by atomic mass is 10.2. The van der Waals surface area contributed by atoms with Crippen LogP contribution in [0.2, 0.25) is 0 Å². The van der Waals surface area contributed by atoms with Gasteiger partial charge in [-0.2, -0.15) is 0 Å². The molecule has 2 aromatic carbocycles. The standard InChI is InChI=1S/C25H21N5O3S4/c1-3-33-18-7-5-4-6-17(18)30-21-20(37-25(30)34)22(32)29(16-10-8-15(2)9-11-16)24(28-21)36-14-19(31)27-23-26-12-13-35-23/h4-13H,3,14H2,1-2H3,(H,26,27,31). The molecule has 5 aromatic rings. The molecule has 5 rings (SSSR count). The Balaban J connectivity index is 1.65. The van der Waals surface area contributed by atoms with Crippen molar-refractivity contribution in [1.82, 2.24) is 19.1 Å². The molecule has 0 spiro atoms. The van der Waals surface area contributed by atoms with E-state index in [1.165, 1.54) is 39.0 Å². The van der Waals surface area contributed by atoms with E-state index in [0.717, 1.165) is 5.56 Å². The number of benzene rings is 2. The highest BCUT2D eigenvalue weighted by Crippen LogP contribution is 2.31. The molecule has 3 aromatic heterocycles. The van der Waals surface area contributed by atoms with Gasteiger partial charge in [-0.25, -0.2) is 9.97 Å². The normalized spacial score (nSPS) is 11.1. The maximum Gasteiger partial charge on any atom is 0.278 e. The zero-order valence-corrected chi connectivity index (χ0v) is 23.1. The van der Waals surface area contributed by atoms with E-state index in [1.54, 1.807) is 16.1 Å². The Morgan fingerprint density at radius 3 is 2.68 bits per heavy atom. The predicted molar refractivity (Wildman–Crippen MR) is 153 cm³/mol. The van der Waals surface area contributed by atoms with Gasteiger partial charge in [-0.15, -0.1) is 11.3 Å². The van der Waals surface area contributed by atoms with Crippen LogP contribution in [-0.4, -0.2) is 37.4 Å². The molecule has 37 heavy (non-hydrogen) atoms. The number of thioether (sulfide) groups is 1. The molecule has 1 N–H and O–H groups in total. The minimum absolute atomic E-state index is 0.0454. The summed E-state index contributed by atoms with van der Waals surface area (Å²) < 4.78 is 10.0. The summed E-state index contributed by atoms with van der Waals surface area (Å²) in [5, 5.41) is 5.45. The van der Waals surface area contributed by atoms with Crippen molar-refractivity contribution in [3.05, 3.63) is 80.0 Å². The topological polar surface area (TPSA) is 91.0 Å². The minimum Gasteiger partial charge on any atom is -0.492 e. The quantitative estimate of drug-likeness (QED) is 0.143. The second-order valence-corrected chi connectivity index (χ2v) is 11.3. The molecule has 0 atom stereocenters. The third-order valence-electron chi connectivity index (χ3n) is 5.29. The highest BCUT2D eigenvalue weighted by Gasteiger charge is 2.21. The maximum atomic E-state index is 13.9. The van der Waals surface area contributed by atoms with Gasteiger partial charge in [0.05, 0.1) is 23.7 Å². The van der Waals surface area contributed by atoms with Gasteiger partial charge in [0.1, 0.15) is 10.4 Å². The van der Waals surface area contributed by atoms with Crippen LogP contribution in [0.5, 0.6) is 5.75 Å². The summed E-state index contributed by atoms with van der Waals surface area (Å²) in [6.45, 7) is 4.37. The summed E-state index contributed by atoms with van der Waals surface area (Å²) in [6, 6.07) is 15.1. The number of aryl methyl sites for hydroxylation is 1. The SMILES string of the molecule is CCOc1ccccc1-n1c(=S)sc2c(=O)n(-c3ccc(C)cc3)c(SCC(=O)Nc3nccs3)nc21. The third kappa shape index (κ3) is 5.23. The van der Waals surface area contributed by atoms with E-state index in [0.29, 0.717) is 48.3 Å². The fourth-order valence-corrected chi connectivity index (χ4v) is 6.29. The summed E-state index contributed by atoms with van der Waals surface area (Å²) in [4.78, 5) is 35.5. The van der Waals surface area contributed by atoms with Crippen molar-refractivity contribution in [2.75, 3.05) is 17.7 Å². The molecule has 1 amide bonds. The maximum absolute atomic E-state index is 13.9. The van der Waals surface area contributed by atoms with Gasteiger partial charge in [-0.05, 0) is 50.3 Å². The van der Waals surface area contributed by atoms with Crippen LogP contribution >= 0.6 is 46.7 Å². The molecule has 8 nitrogen and oxygen atoms in total. The number of aromatic nitrogens is 4. The van der Waals surface area contributed by atoms with Crippen LogP contribution in [0, 0.1) is 10.9 Å². The van der Waals surface area contributed by atoms with Crippen molar-refractivity contribution in [1.29, 1.82) is 0 Å². The van der Waals surface area contributed by atoms with Crippen molar-refractivity contribution in [3.8, 4) is 17.1 Å². The Labute approximate surface area is 229 Å². The lowest BCUT2D eigenvalue weighted by Crippen LogP contribution is -2.22. The molecule has 3 heterocycles. The van der Waals surface area contributed by atoms with E-state index in [1.807, 2.05) is 62.4 Å². The van der Waals surface area contributed by atoms with Crippen LogP contribution in [0.15, 0.2) is 70.1 Å². The Morgan fingerprint density at radius 1 is 1.16 bits per heavy atom. The summed E-state index contributed by atoms with van der Waals surface area (Å²) in [5.74, 6) is 0.444. The molecule has 0 fully saturated rings. The summed E-state index contributed by atoms with van der Waals surface area (Å²) in [5.41, 5.74) is 2.61. The van der Waals surface area contributed by atoms with Gasteiger partial charge in [-0.1, -0.05) is 52.9 Å². The number of fused-ring (bicyclic) bond motifs is 1. The van der Waals surface area contributed by atoms with Gasteiger partial charge < -0.3 is 10.1 Å².